The van der Waals surface area contributed by atoms with Gasteiger partial charge in [-0.3, -0.25) is 4.79 Å². The fraction of sp³-hybridized carbons (Fsp3) is 0.688. The van der Waals surface area contributed by atoms with Crippen molar-refractivity contribution in [2.45, 2.75) is 51.0 Å². The molecule has 2 aromatic rings. The van der Waals surface area contributed by atoms with Crippen molar-refractivity contribution in [3.8, 4) is 0 Å². The van der Waals surface area contributed by atoms with Gasteiger partial charge in [0.25, 0.3) is 5.56 Å². The first kappa shape index (κ1) is 13.9. The van der Waals surface area contributed by atoms with Crippen LogP contribution in [0, 0.1) is 5.92 Å². The maximum Gasteiger partial charge on any atom is 0.262 e. The molecule has 1 saturated carbocycles. The molecule has 22 heavy (non-hydrogen) atoms. The van der Waals surface area contributed by atoms with Crippen LogP contribution >= 0.6 is 0 Å². The van der Waals surface area contributed by atoms with Gasteiger partial charge >= 0.3 is 0 Å². The molecule has 4 rings (SSSR count). The third kappa shape index (κ3) is 2.56. The molecule has 2 N–H and O–H groups in total. The second-order valence-corrected chi connectivity index (χ2v) is 6.69. The molecule has 1 aliphatic carbocycles. The molecular formula is C16H23N5O. The SMILES string of the molecule is O=c1[nH]c(CC2CCCC2)nc2c1cnn2C1CCCNC1. The molecule has 2 aliphatic rings. The van der Waals surface area contributed by atoms with Gasteiger partial charge in [0.2, 0.25) is 0 Å². The highest BCUT2D eigenvalue weighted by Crippen LogP contribution is 2.27. The molecule has 2 aromatic heterocycles. The van der Waals surface area contributed by atoms with Crippen LogP contribution in [0.2, 0.25) is 0 Å². The van der Waals surface area contributed by atoms with Gasteiger partial charge in [0.1, 0.15) is 11.2 Å². The Balaban J connectivity index is 1.69. The normalized spacial score (nSPS) is 23.4. The monoisotopic (exact) mass is 301 g/mol. The van der Waals surface area contributed by atoms with Gasteiger partial charge in [0.05, 0.1) is 12.2 Å². The lowest BCUT2D eigenvalue weighted by molar-refractivity contribution is 0.353. The van der Waals surface area contributed by atoms with E-state index >= 15 is 0 Å². The van der Waals surface area contributed by atoms with Crippen molar-refractivity contribution in [1.29, 1.82) is 0 Å². The molecule has 118 valence electrons. The van der Waals surface area contributed by atoms with Gasteiger partial charge < -0.3 is 10.3 Å². The molecule has 6 nitrogen and oxygen atoms in total. The van der Waals surface area contributed by atoms with Crippen LogP contribution in [-0.2, 0) is 6.42 Å². The van der Waals surface area contributed by atoms with Crippen molar-refractivity contribution in [2.75, 3.05) is 13.1 Å². The first-order valence-electron chi connectivity index (χ1n) is 8.48. The Kier molecular flexibility index (Phi) is 3.70. The van der Waals surface area contributed by atoms with Crippen LogP contribution in [-0.4, -0.2) is 32.8 Å². The highest BCUT2D eigenvalue weighted by Gasteiger charge is 2.21. The number of nitrogens with zero attached hydrogens (tertiary/aromatic N) is 3. The summed E-state index contributed by atoms with van der Waals surface area (Å²) < 4.78 is 1.95. The Labute approximate surface area is 129 Å². The first-order chi connectivity index (χ1) is 10.8. The summed E-state index contributed by atoms with van der Waals surface area (Å²) in [7, 11) is 0. The maximum absolute atomic E-state index is 12.3. The number of hydrogen-bond donors (Lipinski definition) is 2. The van der Waals surface area contributed by atoms with Crippen molar-refractivity contribution in [1.82, 2.24) is 25.1 Å². The van der Waals surface area contributed by atoms with Crippen LogP contribution in [0.25, 0.3) is 11.0 Å². The molecule has 1 aliphatic heterocycles. The van der Waals surface area contributed by atoms with Gasteiger partial charge in [0.15, 0.2) is 5.65 Å². The van der Waals surface area contributed by atoms with Gasteiger partial charge in [-0.25, -0.2) is 9.67 Å². The van der Waals surface area contributed by atoms with E-state index in [2.05, 4.69) is 15.4 Å². The van der Waals surface area contributed by atoms with Crippen molar-refractivity contribution in [2.24, 2.45) is 5.92 Å². The minimum atomic E-state index is -0.0481. The van der Waals surface area contributed by atoms with Crippen LogP contribution in [0.1, 0.15) is 50.4 Å². The number of rotatable bonds is 3. The van der Waals surface area contributed by atoms with E-state index in [1.165, 1.54) is 25.7 Å². The third-order valence-corrected chi connectivity index (χ3v) is 5.09. The van der Waals surface area contributed by atoms with Gasteiger partial charge in [0, 0.05) is 13.0 Å². The molecule has 3 heterocycles. The van der Waals surface area contributed by atoms with Gasteiger partial charge in [-0.2, -0.15) is 5.10 Å². The molecular weight excluding hydrogens is 278 g/mol. The minimum absolute atomic E-state index is 0.0481. The number of aromatic amines is 1. The van der Waals surface area contributed by atoms with Gasteiger partial charge in [-0.15, -0.1) is 0 Å². The second-order valence-electron chi connectivity index (χ2n) is 6.69. The zero-order chi connectivity index (χ0) is 14.9. The maximum atomic E-state index is 12.3. The molecule has 1 atom stereocenters. The van der Waals surface area contributed by atoms with Crippen molar-refractivity contribution >= 4 is 11.0 Å². The van der Waals surface area contributed by atoms with E-state index in [1.807, 2.05) is 4.68 Å². The third-order valence-electron chi connectivity index (χ3n) is 5.09. The lowest BCUT2D eigenvalue weighted by Crippen LogP contribution is -2.32. The summed E-state index contributed by atoms with van der Waals surface area (Å²) >= 11 is 0. The summed E-state index contributed by atoms with van der Waals surface area (Å²) in [6.07, 6.45) is 9.92. The average Bonchev–Trinajstić information content (AvgIpc) is 3.18. The fourth-order valence-electron chi connectivity index (χ4n) is 3.88. The number of fused-ring (bicyclic) bond motifs is 1. The summed E-state index contributed by atoms with van der Waals surface area (Å²) in [5.41, 5.74) is 0.707. The standard InChI is InChI=1S/C16H23N5O/c22-16-13-10-18-21(12-6-3-7-17-9-12)15(13)19-14(20-16)8-11-4-1-2-5-11/h10-12,17H,1-9H2,(H,19,20,22). The molecule has 0 spiro atoms. The van der Waals surface area contributed by atoms with Crippen molar-refractivity contribution < 1.29 is 0 Å². The number of hydrogen-bond acceptors (Lipinski definition) is 4. The minimum Gasteiger partial charge on any atom is -0.315 e. The second kappa shape index (κ2) is 5.83. The van der Waals surface area contributed by atoms with E-state index in [4.69, 9.17) is 4.98 Å². The largest absolute Gasteiger partial charge is 0.315 e. The number of nitrogens with one attached hydrogen (secondary N) is 2. The van der Waals surface area contributed by atoms with Crippen molar-refractivity contribution in [3.05, 3.63) is 22.4 Å². The smallest absolute Gasteiger partial charge is 0.262 e. The first-order valence-corrected chi connectivity index (χ1v) is 8.48. The van der Waals surface area contributed by atoms with Crippen LogP contribution in [0.15, 0.2) is 11.0 Å². The van der Waals surface area contributed by atoms with Gasteiger partial charge in [-0.05, 0) is 25.3 Å². The highest BCUT2D eigenvalue weighted by molar-refractivity contribution is 5.73. The van der Waals surface area contributed by atoms with Crippen LogP contribution < -0.4 is 10.9 Å². The van der Waals surface area contributed by atoms with E-state index in [-0.39, 0.29) is 5.56 Å². The predicted molar refractivity (Wildman–Crippen MR) is 85.0 cm³/mol. The Morgan fingerprint density at radius 3 is 2.86 bits per heavy atom. The summed E-state index contributed by atoms with van der Waals surface area (Å²) in [5.74, 6) is 1.50. The summed E-state index contributed by atoms with van der Waals surface area (Å²) in [6.45, 7) is 1.97. The van der Waals surface area contributed by atoms with Crippen LogP contribution in [0.5, 0.6) is 0 Å². The highest BCUT2D eigenvalue weighted by atomic mass is 16.1. The molecule has 6 heteroatoms. The zero-order valence-electron chi connectivity index (χ0n) is 12.8. The van der Waals surface area contributed by atoms with E-state index in [0.29, 0.717) is 17.3 Å². The molecule has 0 aromatic carbocycles. The molecule has 0 bridgehead atoms. The topological polar surface area (TPSA) is 75.6 Å². The molecule has 2 fully saturated rings. The molecule has 1 saturated heterocycles. The number of H-pyrrole nitrogens is 1. The lowest BCUT2D eigenvalue weighted by Gasteiger charge is -2.23. The van der Waals surface area contributed by atoms with E-state index in [9.17, 15) is 4.79 Å². The summed E-state index contributed by atoms with van der Waals surface area (Å²) in [6, 6.07) is 0.305. The quantitative estimate of drug-likeness (QED) is 0.906. The average molecular weight is 301 g/mol. The van der Waals surface area contributed by atoms with E-state index in [0.717, 1.165) is 43.8 Å². The molecule has 0 radical (unpaired) electrons. The predicted octanol–water partition coefficient (Wildman–Crippen LogP) is 1.78. The Hall–Kier alpha value is -1.69. The Bertz CT molecular complexity index is 707. The fourth-order valence-corrected chi connectivity index (χ4v) is 3.88. The molecule has 1 unspecified atom stereocenters. The van der Waals surface area contributed by atoms with Gasteiger partial charge in [-0.1, -0.05) is 25.7 Å². The van der Waals surface area contributed by atoms with Crippen molar-refractivity contribution in [3.63, 3.8) is 0 Å². The Morgan fingerprint density at radius 2 is 2.09 bits per heavy atom. The lowest BCUT2D eigenvalue weighted by atomic mass is 10.0. The summed E-state index contributed by atoms with van der Waals surface area (Å²) in [5, 5.41) is 8.46. The van der Waals surface area contributed by atoms with E-state index < -0.39 is 0 Å². The van der Waals surface area contributed by atoms with E-state index in [1.54, 1.807) is 6.20 Å². The Morgan fingerprint density at radius 1 is 1.23 bits per heavy atom. The number of aromatic nitrogens is 4. The van der Waals surface area contributed by atoms with Crippen LogP contribution in [0.4, 0.5) is 0 Å². The summed E-state index contributed by atoms with van der Waals surface area (Å²) in [4.78, 5) is 20.0. The molecule has 0 amide bonds. The van der Waals surface area contributed by atoms with Crippen LogP contribution in [0.3, 0.4) is 0 Å². The number of piperidine rings is 1. The zero-order valence-corrected chi connectivity index (χ0v) is 12.8.